The first-order valence-corrected chi connectivity index (χ1v) is 22.3. The summed E-state index contributed by atoms with van der Waals surface area (Å²) in [4.78, 5) is 82.0. The Balaban J connectivity index is 3.33. The SMILES string of the molecule is CCCCC/C=C/COC(=O)CC(CC(=O)OC/C=C/CCCCC)(OC(=O)CCC(=O)Oc1c(OC)cc(C(=O)OCCCN(C)C)cc1OC)C(=O)OC/C=C/CCCCC. The van der Waals surface area contributed by atoms with Crippen LogP contribution in [0.25, 0.3) is 0 Å². The summed E-state index contributed by atoms with van der Waals surface area (Å²) in [5, 5.41) is 0. The van der Waals surface area contributed by atoms with Crippen molar-refractivity contribution in [3.63, 3.8) is 0 Å². The summed E-state index contributed by atoms with van der Waals surface area (Å²) in [7, 11) is 6.43. The van der Waals surface area contributed by atoms with E-state index in [0.29, 0.717) is 6.42 Å². The summed E-state index contributed by atoms with van der Waals surface area (Å²) in [6, 6.07) is 2.66. The third kappa shape index (κ3) is 24.9. The summed E-state index contributed by atoms with van der Waals surface area (Å²) in [6.07, 6.45) is 19.8. The van der Waals surface area contributed by atoms with Gasteiger partial charge in [0, 0.05) is 6.54 Å². The van der Waals surface area contributed by atoms with Crippen LogP contribution in [-0.2, 0) is 47.7 Å². The molecule has 0 unspecified atom stereocenters. The van der Waals surface area contributed by atoms with Gasteiger partial charge in [0.05, 0.1) is 52.1 Å². The quantitative estimate of drug-likeness (QED) is 0.0208. The molecule has 0 heterocycles. The maximum absolute atomic E-state index is 13.9. The lowest BCUT2D eigenvalue weighted by molar-refractivity contribution is -0.190. The molecule has 0 aliphatic carbocycles. The minimum atomic E-state index is -2.50. The molecule has 0 aromatic heterocycles. The van der Waals surface area contributed by atoms with Crippen LogP contribution in [0.3, 0.4) is 0 Å². The van der Waals surface area contributed by atoms with Gasteiger partial charge in [0.15, 0.2) is 11.5 Å². The number of carbonyl (C=O) groups is 6. The van der Waals surface area contributed by atoms with E-state index in [4.69, 9.17) is 37.9 Å². The Morgan fingerprint density at radius 3 is 1.48 bits per heavy atom. The normalized spacial score (nSPS) is 11.6. The lowest BCUT2D eigenvalue weighted by Crippen LogP contribution is -2.48. The maximum Gasteiger partial charge on any atom is 0.352 e. The minimum Gasteiger partial charge on any atom is -0.493 e. The second-order valence-electron chi connectivity index (χ2n) is 15.2. The van der Waals surface area contributed by atoms with Crippen LogP contribution >= 0.6 is 0 Å². The van der Waals surface area contributed by atoms with Crippen molar-refractivity contribution in [1.82, 2.24) is 4.90 Å². The fourth-order valence-corrected chi connectivity index (χ4v) is 5.89. The number of nitrogens with zero attached hydrogens (tertiary/aromatic N) is 1. The van der Waals surface area contributed by atoms with Crippen molar-refractivity contribution >= 4 is 35.8 Å². The van der Waals surface area contributed by atoms with Gasteiger partial charge in [-0.3, -0.25) is 19.2 Å². The summed E-state index contributed by atoms with van der Waals surface area (Å²) < 4.78 is 43.6. The monoisotopic (exact) mass is 888 g/mol. The van der Waals surface area contributed by atoms with Gasteiger partial charge in [-0.25, -0.2) is 9.59 Å². The van der Waals surface area contributed by atoms with E-state index in [0.717, 1.165) is 83.6 Å². The van der Waals surface area contributed by atoms with Crippen molar-refractivity contribution in [2.24, 2.45) is 0 Å². The molecule has 0 aliphatic heterocycles. The Bertz CT molecular complexity index is 1550. The fourth-order valence-electron chi connectivity index (χ4n) is 5.89. The number of carbonyl (C=O) groups excluding carboxylic acids is 6. The predicted octanol–water partition coefficient (Wildman–Crippen LogP) is 8.60. The molecule has 15 nitrogen and oxygen atoms in total. The summed E-state index contributed by atoms with van der Waals surface area (Å²) in [6.45, 7) is 6.72. The van der Waals surface area contributed by atoms with Crippen molar-refractivity contribution in [2.75, 3.05) is 61.3 Å². The van der Waals surface area contributed by atoms with Gasteiger partial charge in [-0.1, -0.05) is 95.8 Å². The molecular weight excluding hydrogens is 815 g/mol. The van der Waals surface area contributed by atoms with Crippen molar-refractivity contribution in [3.05, 3.63) is 54.2 Å². The van der Waals surface area contributed by atoms with Gasteiger partial charge in [-0.15, -0.1) is 0 Å². The first-order chi connectivity index (χ1) is 30.4. The number of unbranched alkanes of at least 4 members (excludes halogenated alkanes) is 9. The number of methoxy groups -OCH3 is 2. The fraction of sp³-hybridized carbons (Fsp3) is 0.625. The van der Waals surface area contributed by atoms with Crippen LogP contribution in [-0.4, -0.2) is 108 Å². The van der Waals surface area contributed by atoms with E-state index in [1.165, 1.54) is 26.4 Å². The standard InChI is InChI=1S/C48H73NO14/c1-8-11-14-17-20-23-30-58-43(52)36-48(47(55)61-32-25-22-19-16-13-10-3,37-44(53)59-31-24-21-18-15-12-9-2)63-42(51)28-27-41(50)62-45-39(56-6)34-38(35-40(45)57-7)46(54)60-33-26-29-49(4)5/h20-25,34-35H,8-19,26-33,36-37H2,1-7H3/b23-20+,24-21+,25-22+. The van der Waals surface area contributed by atoms with Crippen molar-refractivity contribution < 1.29 is 66.7 Å². The Morgan fingerprint density at radius 1 is 0.571 bits per heavy atom. The highest BCUT2D eigenvalue weighted by Crippen LogP contribution is 2.39. The highest BCUT2D eigenvalue weighted by atomic mass is 16.6. The van der Waals surface area contributed by atoms with Gasteiger partial charge in [0.1, 0.15) is 19.8 Å². The van der Waals surface area contributed by atoms with E-state index >= 15 is 0 Å². The summed E-state index contributed by atoms with van der Waals surface area (Å²) in [5.74, 6) is -5.91. The van der Waals surface area contributed by atoms with E-state index in [-0.39, 0.29) is 49.2 Å². The van der Waals surface area contributed by atoms with Gasteiger partial charge < -0.3 is 42.8 Å². The maximum atomic E-state index is 13.9. The van der Waals surface area contributed by atoms with Crippen molar-refractivity contribution in [2.45, 2.75) is 136 Å². The van der Waals surface area contributed by atoms with Crippen LogP contribution in [0.4, 0.5) is 0 Å². The number of hydrogen-bond donors (Lipinski definition) is 0. The van der Waals surface area contributed by atoms with E-state index in [2.05, 4.69) is 20.8 Å². The number of hydrogen-bond acceptors (Lipinski definition) is 15. The van der Waals surface area contributed by atoms with E-state index < -0.39 is 67.1 Å². The molecule has 15 heteroatoms. The first-order valence-electron chi connectivity index (χ1n) is 22.3. The Hall–Kier alpha value is -5.18. The number of allylic oxidation sites excluding steroid dienone is 3. The number of esters is 6. The lowest BCUT2D eigenvalue weighted by Gasteiger charge is -2.29. The van der Waals surface area contributed by atoms with Gasteiger partial charge >= 0.3 is 35.8 Å². The molecule has 1 aromatic carbocycles. The van der Waals surface area contributed by atoms with Crippen LogP contribution in [0.1, 0.15) is 140 Å². The van der Waals surface area contributed by atoms with Crippen molar-refractivity contribution in [1.29, 1.82) is 0 Å². The third-order valence-corrected chi connectivity index (χ3v) is 9.38. The molecule has 0 fully saturated rings. The Kier molecular flexibility index (Phi) is 30.4. The van der Waals surface area contributed by atoms with E-state index in [1.807, 2.05) is 37.2 Å². The molecule has 1 aromatic rings. The molecule has 0 radical (unpaired) electrons. The van der Waals surface area contributed by atoms with Gasteiger partial charge in [-0.05, 0) is 71.2 Å². The summed E-state index contributed by atoms with van der Waals surface area (Å²) >= 11 is 0. The molecule has 0 bridgehead atoms. The second-order valence-corrected chi connectivity index (χ2v) is 15.2. The molecule has 354 valence electrons. The number of rotatable bonds is 35. The van der Waals surface area contributed by atoms with Crippen LogP contribution in [0.2, 0.25) is 0 Å². The molecule has 0 N–H and O–H groups in total. The van der Waals surface area contributed by atoms with Crippen molar-refractivity contribution in [3.8, 4) is 17.2 Å². The minimum absolute atomic E-state index is 0.0182. The molecule has 0 saturated carbocycles. The lowest BCUT2D eigenvalue weighted by atomic mass is 9.94. The molecule has 0 aliphatic rings. The highest BCUT2D eigenvalue weighted by Gasteiger charge is 2.49. The van der Waals surface area contributed by atoms with Gasteiger partial charge in [0.2, 0.25) is 11.4 Å². The average molecular weight is 888 g/mol. The highest BCUT2D eigenvalue weighted by molar-refractivity contribution is 5.93. The molecule has 0 saturated heterocycles. The smallest absolute Gasteiger partial charge is 0.352 e. The van der Waals surface area contributed by atoms with Crippen LogP contribution in [0.5, 0.6) is 17.2 Å². The zero-order valence-electron chi connectivity index (χ0n) is 38.8. The van der Waals surface area contributed by atoms with Crippen LogP contribution < -0.4 is 14.2 Å². The summed E-state index contributed by atoms with van der Waals surface area (Å²) in [5.41, 5.74) is -2.40. The first kappa shape index (κ1) is 55.8. The molecule has 0 atom stereocenters. The van der Waals surface area contributed by atoms with Crippen LogP contribution in [0, 0.1) is 0 Å². The molecular formula is C48H73NO14. The zero-order valence-corrected chi connectivity index (χ0v) is 38.8. The predicted molar refractivity (Wildman–Crippen MR) is 239 cm³/mol. The third-order valence-electron chi connectivity index (χ3n) is 9.38. The largest absolute Gasteiger partial charge is 0.493 e. The molecule has 0 amide bonds. The Labute approximate surface area is 374 Å². The topological polar surface area (TPSA) is 179 Å². The molecule has 63 heavy (non-hydrogen) atoms. The van der Waals surface area contributed by atoms with Gasteiger partial charge in [-0.2, -0.15) is 0 Å². The second kappa shape index (κ2) is 34.3. The number of benzene rings is 1. The molecule has 0 spiro atoms. The van der Waals surface area contributed by atoms with E-state index in [1.54, 1.807) is 18.2 Å². The van der Waals surface area contributed by atoms with E-state index in [9.17, 15) is 28.8 Å². The number of ether oxygens (including phenoxy) is 8. The van der Waals surface area contributed by atoms with Gasteiger partial charge in [0.25, 0.3) is 0 Å². The van der Waals surface area contributed by atoms with Crippen LogP contribution in [0.15, 0.2) is 48.6 Å². The zero-order chi connectivity index (χ0) is 46.7. The average Bonchev–Trinajstić information content (AvgIpc) is 3.25. The molecule has 1 rings (SSSR count). The Morgan fingerprint density at radius 2 is 1.03 bits per heavy atom.